The zero-order chi connectivity index (χ0) is 13.1. The summed E-state index contributed by atoms with van der Waals surface area (Å²) in [4.78, 5) is 0.225. The Bertz CT molecular complexity index is 531. The minimum atomic E-state index is 0.225. The second-order valence-electron chi connectivity index (χ2n) is 4.42. The van der Waals surface area contributed by atoms with Gasteiger partial charge in [0.15, 0.2) is 0 Å². The van der Waals surface area contributed by atoms with Gasteiger partial charge < -0.3 is 4.74 Å². The third-order valence-electron chi connectivity index (χ3n) is 3.33. The number of halogens is 1. The monoisotopic (exact) mass is 304 g/mol. The smallest absolute Gasteiger partial charge is 0.118 e. The van der Waals surface area contributed by atoms with Gasteiger partial charge in [-0.3, -0.25) is 0 Å². The summed E-state index contributed by atoms with van der Waals surface area (Å²) >= 11 is 3.78. The van der Waals surface area contributed by atoms with E-state index in [0.717, 1.165) is 5.75 Å². The van der Waals surface area contributed by atoms with Gasteiger partial charge >= 0.3 is 0 Å². The predicted octanol–water partition coefficient (Wildman–Crippen LogP) is 4.80. The van der Waals surface area contributed by atoms with Crippen LogP contribution in [0.4, 0.5) is 0 Å². The quantitative estimate of drug-likeness (QED) is 0.740. The molecule has 1 nitrogen and oxygen atoms in total. The fourth-order valence-electron chi connectivity index (χ4n) is 2.00. The zero-order valence-electron chi connectivity index (χ0n) is 10.9. The summed E-state index contributed by atoms with van der Waals surface area (Å²) in [6.45, 7) is 4.31. The number of ether oxygens (including phenoxy) is 1. The summed E-state index contributed by atoms with van der Waals surface area (Å²) in [5, 5.41) is 0. The average Bonchev–Trinajstić information content (AvgIpc) is 2.41. The Labute approximate surface area is 117 Å². The normalized spacial score (nSPS) is 12.2. The molecule has 0 radical (unpaired) electrons. The van der Waals surface area contributed by atoms with Crippen LogP contribution in [0.2, 0.25) is 0 Å². The summed E-state index contributed by atoms with van der Waals surface area (Å²) in [7, 11) is 1.69. The Morgan fingerprint density at radius 2 is 1.67 bits per heavy atom. The van der Waals surface area contributed by atoms with Crippen LogP contribution in [-0.4, -0.2) is 7.11 Å². The van der Waals surface area contributed by atoms with Crippen LogP contribution in [0.25, 0.3) is 0 Å². The van der Waals surface area contributed by atoms with E-state index >= 15 is 0 Å². The highest BCUT2D eigenvalue weighted by Gasteiger charge is 2.13. The molecule has 0 bridgehead atoms. The van der Waals surface area contributed by atoms with Crippen molar-refractivity contribution in [1.29, 1.82) is 0 Å². The molecular weight excluding hydrogens is 288 g/mol. The zero-order valence-corrected chi connectivity index (χ0v) is 12.5. The lowest BCUT2D eigenvalue weighted by molar-refractivity contribution is 0.414. The number of hydrogen-bond donors (Lipinski definition) is 0. The lowest BCUT2D eigenvalue weighted by Crippen LogP contribution is -1.97. The number of alkyl halides is 1. The molecule has 0 saturated heterocycles. The fraction of sp³-hybridized carbons (Fsp3) is 0.250. The molecule has 0 amide bonds. The number of benzene rings is 2. The Balaban J connectivity index is 2.35. The molecule has 0 heterocycles. The van der Waals surface area contributed by atoms with E-state index in [1.807, 2.05) is 12.1 Å². The van der Waals surface area contributed by atoms with Gasteiger partial charge in [-0.1, -0.05) is 46.3 Å². The maximum absolute atomic E-state index is 5.18. The molecule has 1 atom stereocenters. The summed E-state index contributed by atoms with van der Waals surface area (Å²) in [5.41, 5.74) is 5.23. The summed E-state index contributed by atoms with van der Waals surface area (Å²) in [5.74, 6) is 0.888. The van der Waals surface area contributed by atoms with E-state index in [9.17, 15) is 0 Å². The third-order valence-corrected chi connectivity index (χ3v) is 4.35. The maximum Gasteiger partial charge on any atom is 0.118 e. The fourth-order valence-corrected chi connectivity index (χ4v) is 2.80. The Morgan fingerprint density at radius 3 is 2.28 bits per heavy atom. The van der Waals surface area contributed by atoms with Crippen LogP contribution in [0.5, 0.6) is 5.75 Å². The van der Waals surface area contributed by atoms with Crippen molar-refractivity contribution >= 4 is 15.9 Å². The number of rotatable bonds is 3. The predicted molar refractivity (Wildman–Crippen MR) is 79.7 cm³/mol. The van der Waals surface area contributed by atoms with Crippen molar-refractivity contribution in [3.8, 4) is 5.75 Å². The van der Waals surface area contributed by atoms with Crippen molar-refractivity contribution in [2.24, 2.45) is 0 Å². The first-order chi connectivity index (χ1) is 8.63. The van der Waals surface area contributed by atoms with E-state index in [4.69, 9.17) is 4.74 Å². The van der Waals surface area contributed by atoms with Gasteiger partial charge in [-0.2, -0.15) is 0 Å². The molecule has 2 rings (SSSR count). The Hall–Kier alpha value is -1.28. The van der Waals surface area contributed by atoms with Gasteiger partial charge in [0.2, 0.25) is 0 Å². The Kier molecular flexibility index (Phi) is 4.07. The van der Waals surface area contributed by atoms with Crippen LogP contribution < -0.4 is 4.74 Å². The SMILES string of the molecule is COc1ccc(C(Br)c2cccc(C)c2C)cc1. The highest BCUT2D eigenvalue weighted by Crippen LogP contribution is 2.34. The molecule has 0 saturated carbocycles. The van der Waals surface area contributed by atoms with E-state index in [0.29, 0.717) is 0 Å². The molecule has 1 unspecified atom stereocenters. The molecule has 94 valence electrons. The Morgan fingerprint density at radius 1 is 1.00 bits per heavy atom. The molecule has 2 aromatic rings. The van der Waals surface area contributed by atoms with Gasteiger partial charge in [0.25, 0.3) is 0 Å². The third kappa shape index (κ3) is 2.59. The molecule has 0 spiro atoms. The molecule has 2 aromatic carbocycles. The first-order valence-corrected chi connectivity index (χ1v) is 6.89. The van der Waals surface area contributed by atoms with E-state index in [-0.39, 0.29) is 4.83 Å². The number of hydrogen-bond acceptors (Lipinski definition) is 1. The van der Waals surface area contributed by atoms with E-state index < -0.39 is 0 Å². The highest BCUT2D eigenvalue weighted by molar-refractivity contribution is 9.09. The van der Waals surface area contributed by atoms with Crippen LogP contribution in [0, 0.1) is 13.8 Å². The van der Waals surface area contributed by atoms with Gasteiger partial charge in [-0.15, -0.1) is 0 Å². The molecule has 0 fully saturated rings. The summed E-state index contributed by atoms with van der Waals surface area (Å²) in [6, 6.07) is 14.6. The van der Waals surface area contributed by atoms with Crippen LogP contribution in [0.1, 0.15) is 27.1 Å². The summed E-state index contributed by atoms with van der Waals surface area (Å²) < 4.78 is 5.18. The molecule has 2 heteroatoms. The van der Waals surface area contributed by atoms with Gasteiger partial charge in [-0.25, -0.2) is 0 Å². The first-order valence-electron chi connectivity index (χ1n) is 5.97. The van der Waals surface area contributed by atoms with Crippen LogP contribution in [-0.2, 0) is 0 Å². The average molecular weight is 305 g/mol. The molecule has 18 heavy (non-hydrogen) atoms. The van der Waals surface area contributed by atoms with Crippen LogP contribution in [0.3, 0.4) is 0 Å². The van der Waals surface area contributed by atoms with Crippen molar-refractivity contribution in [3.63, 3.8) is 0 Å². The second kappa shape index (κ2) is 5.57. The van der Waals surface area contributed by atoms with Gasteiger partial charge in [0.05, 0.1) is 11.9 Å². The molecular formula is C16H17BrO. The standard InChI is InChI=1S/C16H17BrO/c1-11-5-4-6-15(12(11)2)16(17)13-7-9-14(18-3)10-8-13/h4-10,16H,1-3H3. The van der Waals surface area contributed by atoms with Gasteiger partial charge in [0.1, 0.15) is 5.75 Å². The van der Waals surface area contributed by atoms with Crippen molar-refractivity contribution in [3.05, 3.63) is 64.7 Å². The maximum atomic E-state index is 5.18. The van der Waals surface area contributed by atoms with Gasteiger partial charge in [0, 0.05) is 0 Å². The van der Waals surface area contributed by atoms with Crippen molar-refractivity contribution in [2.75, 3.05) is 7.11 Å². The first kappa shape index (κ1) is 13.2. The van der Waals surface area contributed by atoms with Gasteiger partial charge in [-0.05, 0) is 48.2 Å². The van der Waals surface area contributed by atoms with Crippen LogP contribution in [0.15, 0.2) is 42.5 Å². The summed E-state index contributed by atoms with van der Waals surface area (Å²) in [6.07, 6.45) is 0. The minimum absolute atomic E-state index is 0.225. The van der Waals surface area contributed by atoms with Crippen molar-refractivity contribution < 1.29 is 4.74 Å². The highest BCUT2D eigenvalue weighted by atomic mass is 79.9. The molecule has 0 aliphatic carbocycles. The molecule has 0 aliphatic heterocycles. The number of methoxy groups -OCH3 is 1. The topological polar surface area (TPSA) is 9.23 Å². The largest absolute Gasteiger partial charge is 0.497 e. The lowest BCUT2D eigenvalue weighted by Gasteiger charge is -2.15. The van der Waals surface area contributed by atoms with Crippen molar-refractivity contribution in [1.82, 2.24) is 0 Å². The molecule has 0 aliphatic rings. The van der Waals surface area contributed by atoms with E-state index in [1.165, 1.54) is 22.3 Å². The molecule has 0 aromatic heterocycles. The molecule has 0 N–H and O–H groups in total. The second-order valence-corrected chi connectivity index (χ2v) is 5.34. The number of aryl methyl sites for hydroxylation is 1. The lowest BCUT2D eigenvalue weighted by atomic mass is 9.97. The van der Waals surface area contributed by atoms with Crippen molar-refractivity contribution in [2.45, 2.75) is 18.7 Å². The van der Waals surface area contributed by atoms with E-state index in [1.54, 1.807) is 7.11 Å². The minimum Gasteiger partial charge on any atom is -0.497 e. The van der Waals surface area contributed by atoms with E-state index in [2.05, 4.69) is 60.1 Å². The van der Waals surface area contributed by atoms with Crippen LogP contribution >= 0.6 is 15.9 Å².